The van der Waals surface area contributed by atoms with Crippen molar-refractivity contribution in [2.75, 3.05) is 0 Å². The maximum absolute atomic E-state index is 14.2. The molecule has 13 aromatic carbocycles. The van der Waals surface area contributed by atoms with Gasteiger partial charge in [0, 0.05) is 116 Å². The molecule has 40 nitrogen and oxygen atoms in total. The molecule has 32 N–H and O–H groups in total. The molecule has 19 rings (SSSR count). The number of carbonyl (C=O) groups excluding carboxylic acids is 1. The Morgan fingerprint density at radius 2 is 0.460 bits per heavy atom. The predicted octanol–water partition coefficient (Wildman–Crippen LogP) is 9.77. The standard InChI is InChI=1S/C97H78O40/c98-36-21-51(112)65-63(22-36)131-87(30-2-8-39(100)46(107)14-30)81(125)75(65)67-53(114)25-55(116)69-77(83(127)89(134-93(67)69)32-4-10-41(102)48(109)16-32)71-57(118)27-59(120)73-79(85(129)91(136-95(71)73)34-6-12-43(104)50(111)18-34)74-60(121)28-58(119)72-78(84(128)90(137-96(72)74)33-5-11-42(103)49(110)17-33)70-56(117)26-54(115)68-76(82(126)88(135-94(68)70)31-3-9-40(101)47(108)15-31)66-52(113)24-44(105)37-23-64(132-97(130)35-19-61(122)80(124)62(123)20-35)86(133-92(37)66)29-1-7-38(99)45(106)13-29/h1-22,24-28,64,75-79,81-91,98-129H,23H2/t64-,75?,76?,77?,78?,79?,81+,82+,83+,84+,85+,86+,87+,88+,89+,90+,91+/m0/s1. The van der Waals surface area contributed by atoms with E-state index in [0.717, 1.165) is 121 Å². The summed E-state index contributed by atoms with van der Waals surface area (Å²) in [7, 11) is 0. The zero-order valence-electron chi connectivity index (χ0n) is 69.7. The smallest absolute Gasteiger partial charge is 0.338 e. The summed E-state index contributed by atoms with van der Waals surface area (Å²) in [6, 6.07) is 24.2. The fourth-order valence-corrected chi connectivity index (χ4v) is 19.6. The van der Waals surface area contributed by atoms with Crippen LogP contribution in [-0.2, 0) is 11.2 Å². The van der Waals surface area contributed by atoms with E-state index >= 15 is 0 Å². The summed E-state index contributed by atoms with van der Waals surface area (Å²) in [5.74, 6) is -42.1. The highest BCUT2D eigenvalue weighted by Crippen LogP contribution is 2.69. The number of hydrogen-bond acceptors (Lipinski definition) is 40. The Labute approximate surface area is 766 Å². The zero-order valence-corrected chi connectivity index (χ0v) is 69.7. The monoisotopic (exact) mass is 1880 g/mol. The minimum atomic E-state index is -2.49. The Bertz CT molecular complexity index is 7210. The molecule has 0 aromatic heterocycles. The highest BCUT2D eigenvalue weighted by Gasteiger charge is 2.57. The largest absolute Gasteiger partial charge is 0.508 e. The number of ether oxygens (including phenoxy) is 7. The second-order valence-corrected chi connectivity index (χ2v) is 33.9. The number of esters is 1. The van der Waals surface area contributed by atoms with E-state index in [0.29, 0.717) is 30.3 Å². The van der Waals surface area contributed by atoms with Gasteiger partial charge in [0.25, 0.3) is 0 Å². The molecule has 0 radical (unpaired) electrons. The lowest BCUT2D eigenvalue weighted by Gasteiger charge is -2.45. The summed E-state index contributed by atoms with van der Waals surface area (Å²) in [6.45, 7) is 0. The summed E-state index contributed by atoms with van der Waals surface area (Å²) < 4.78 is 46.2. The van der Waals surface area contributed by atoms with Crippen molar-refractivity contribution in [1.82, 2.24) is 0 Å². The predicted molar refractivity (Wildman–Crippen MR) is 461 cm³/mol. The molecule has 137 heavy (non-hydrogen) atoms. The van der Waals surface area contributed by atoms with Gasteiger partial charge in [-0.2, -0.15) is 0 Å². The van der Waals surface area contributed by atoms with Crippen molar-refractivity contribution in [3.8, 4) is 190 Å². The number of rotatable bonds is 13. The topological polar surface area (TPSA) is 729 Å². The molecule has 5 unspecified atom stereocenters. The van der Waals surface area contributed by atoms with Crippen LogP contribution in [0.5, 0.6) is 190 Å². The fraction of sp³-hybridized carbons (Fsp3) is 0.186. The van der Waals surface area contributed by atoms with Gasteiger partial charge in [0.1, 0.15) is 140 Å². The summed E-state index contributed by atoms with van der Waals surface area (Å²) in [5.41, 5.74) is -10.00. The molecule has 0 fully saturated rings. The fourth-order valence-electron chi connectivity index (χ4n) is 19.6. The second kappa shape index (κ2) is 32.5. The highest BCUT2D eigenvalue weighted by atomic mass is 16.6. The third-order valence-electron chi connectivity index (χ3n) is 25.9. The van der Waals surface area contributed by atoms with E-state index in [1.165, 1.54) is 12.1 Å². The SMILES string of the molecule is O=C(O[C@H]1Cc2c(O)cc(O)c(C3c4c(O)cc(O)c(C5c6c(O)cc(O)c(C7c8c(O)cc(O)c(C9c%10c(O)cc(O)c(C%11c%12c(O)cc(O)cc%12O[C@H](c%12ccc(O)c(O)c%12)[C@@H]%11O)c%10O[C@H](c%10ccc(O)c(O)c%10)[C@@H]9O)c8O[C@H](c8ccc(O)c(O)c8)[C@@H]7O)c6O[C@H](c6ccc(O)c(O)c6)[C@@H]5O)c4O[C@H](c4ccc(O)c(O)c4)[C@@H]3O)c2O[C@@H]1c1ccc(O)c(O)c1)c1cc(O)c(O)c(O)c1. The number of carbonyl (C=O) groups is 1. The van der Waals surface area contributed by atoms with Gasteiger partial charge in [-0.25, -0.2) is 4.79 Å². The zero-order chi connectivity index (χ0) is 97.6. The molecular formula is C97H78O40. The number of benzene rings is 13. The Kier molecular flexibility index (Phi) is 21.0. The van der Waals surface area contributed by atoms with Gasteiger partial charge in [-0.15, -0.1) is 0 Å². The van der Waals surface area contributed by atoms with Gasteiger partial charge in [0.15, 0.2) is 123 Å². The van der Waals surface area contributed by atoms with Crippen LogP contribution in [0.25, 0.3) is 0 Å². The molecule has 0 spiro atoms. The number of phenols is 27. The van der Waals surface area contributed by atoms with E-state index in [9.17, 15) is 168 Å². The van der Waals surface area contributed by atoms with Gasteiger partial charge in [-0.1, -0.05) is 36.4 Å². The number of aliphatic hydroxyl groups is 5. The molecule has 0 saturated carbocycles. The Morgan fingerprint density at radius 1 is 0.226 bits per heavy atom. The number of hydrogen-bond donors (Lipinski definition) is 32. The molecule has 6 aliphatic heterocycles. The summed E-state index contributed by atoms with van der Waals surface area (Å²) in [4.78, 5) is 14.2. The lowest BCUT2D eigenvalue weighted by Crippen LogP contribution is -2.40. The van der Waals surface area contributed by atoms with Crippen LogP contribution in [-0.4, -0.2) is 206 Å². The first-order valence-corrected chi connectivity index (χ1v) is 41.5. The van der Waals surface area contributed by atoms with E-state index in [1.54, 1.807) is 0 Å². The van der Waals surface area contributed by atoms with Gasteiger partial charge in [0.2, 0.25) is 0 Å². The van der Waals surface area contributed by atoms with E-state index in [4.69, 9.17) is 33.2 Å². The maximum Gasteiger partial charge on any atom is 0.338 e. The van der Waals surface area contributed by atoms with E-state index < -0.39 is 372 Å². The molecule has 6 aliphatic rings. The van der Waals surface area contributed by atoms with Crippen molar-refractivity contribution >= 4 is 5.97 Å². The van der Waals surface area contributed by atoms with Crippen molar-refractivity contribution in [3.63, 3.8) is 0 Å². The second-order valence-electron chi connectivity index (χ2n) is 33.9. The lowest BCUT2D eigenvalue weighted by atomic mass is 9.70. The normalized spacial score (nSPS) is 23.3. The van der Waals surface area contributed by atoms with E-state index in [2.05, 4.69) is 0 Å². The first-order valence-electron chi connectivity index (χ1n) is 41.5. The van der Waals surface area contributed by atoms with Crippen LogP contribution >= 0.6 is 0 Å². The first-order chi connectivity index (χ1) is 65.1. The minimum Gasteiger partial charge on any atom is -0.508 e. The quantitative estimate of drug-likeness (QED) is 0.0377. The Morgan fingerprint density at radius 3 is 0.737 bits per heavy atom. The lowest BCUT2D eigenvalue weighted by molar-refractivity contribution is -0.0213. The van der Waals surface area contributed by atoms with Crippen LogP contribution in [0.1, 0.15) is 171 Å². The molecular weight excluding hydrogens is 1810 g/mol. The third-order valence-corrected chi connectivity index (χ3v) is 25.9. The molecule has 0 saturated heterocycles. The molecule has 6 heterocycles. The van der Waals surface area contributed by atoms with Gasteiger partial charge < -0.3 is 197 Å². The molecule has 0 bridgehead atoms. The van der Waals surface area contributed by atoms with Crippen LogP contribution in [0, 0.1) is 0 Å². The average Bonchev–Trinajstić information content (AvgIpc) is 0.695. The molecule has 706 valence electrons. The Hall–Kier alpha value is -17.5. The number of aliphatic hydroxyl groups excluding tert-OH is 5. The van der Waals surface area contributed by atoms with Crippen LogP contribution in [0.15, 0.2) is 164 Å². The Balaban J connectivity index is 0.851. The van der Waals surface area contributed by atoms with Gasteiger partial charge >= 0.3 is 5.97 Å². The van der Waals surface area contributed by atoms with Crippen molar-refractivity contribution < 1.29 is 201 Å². The average molecular weight is 1880 g/mol. The summed E-state index contributed by atoms with van der Waals surface area (Å²) in [5, 5.41) is 382. The van der Waals surface area contributed by atoms with Crippen LogP contribution in [0.4, 0.5) is 0 Å². The van der Waals surface area contributed by atoms with Crippen molar-refractivity contribution in [3.05, 3.63) is 264 Å². The summed E-state index contributed by atoms with van der Waals surface area (Å²) in [6.07, 6.45) is -26.4. The number of fused-ring (bicyclic) bond motifs is 6. The van der Waals surface area contributed by atoms with Gasteiger partial charge in [0.05, 0.1) is 35.2 Å². The molecule has 13 aromatic rings. The number of phenolic OH excluding ortho intramolecular Hbond substituents is 27. The minimum absolute atomic E-state index is 0.105. The van der Waals surface area contributed by atoms with Crippen molar-refractivity contribution in [2.45, 2.75) is 109 Å². The maximum atomic E-state index is 14.2. The summed E-state index contributed by atoms with van der Waals surface area (Å²) >= 11 is 0. The first kappa shape index (κ1) is 88.8. The van der Waals surface area contributed by atoms with Crippen molar-refractivity contribution in [2.24, 2.45) is 0 Å². The van der Waals surface area contributed by atoms with E-state index in [-0.39, 0.29) is 33.4 Å². The third kappa shape index (κ3) is 14.2. The van der Waals surface area contributed by atoms with Crippen LogP contribution < -0.4 is 28.4 Å². The van der Waals surface area contributed by atoms with Gasteiger partial charge in [-0.3, -0.25) is 0 Å². The van der Waals surface area contributed by atoms with Gasteiger partial charge in [-0.05, 0) is 113 Å². The molecule has 0 aliphatic carbocycles. The number of aromatic hydroxyl groups is 27. The molecule has 40 heteroatoms. The van der Waals surface area contributed by atoms with Crippen LogP contribution in [0.3, 0.4) is 0 Å². The van der Waals surface area contributed by atoms with Crippen molar-refractivity contribution in [1.29, 1.82) is 0 Å². The molecule has 0 amide bonds. The highest BCUT2D eigenvalue weighted by molar-refractivity contribution is 5.91. The van der Waals surface area contributed by atoms with E-state index in [1.807, 2.05) is 0 Å². The van der Waals surface area contributed by atoms with Crippen LogP contribution in [0.2, 0.25) is 0 Å². The molecule has 17 atom stereocenters.